The second-order valence-electron chi connectivity index (χ2n) is 3.09. The zero-order chi connectivity index (χ0) is 10.3. The minimum atomic E-state index is -0.198. The number of hydrogen-bond donors (Lipinski definition) is 1. The number of benzene rings is 1. The molecule has 4 heteroatoms. The summed E-state index contributed by atoms with van der Waals surface area (Å²) in [5.41, 5.74) is 0.548. The molecule has 2 rings (SSSR count). The summed E-state index contributed by atoms with van der Waals surface area (Å²) in [6.45, 7) is 0. The molecule has 0 spiro atoms. The predicted molar refractivity (Wildman–Crippen MR) is 63.6 cm³/mol. The number of rotatable bonds is 0. The zero-order valence-corrected chi connectivity index (χ0v) is 9.65. The highest BCUT2D eigenvalue weighted by Gasteiger charge is 2.05. The van der Waals surface area contributed by atoms with Crippen LogP contribution in [-0.2, 0) is 7.05 Å². The maximum Gasteiger partial charge on any atom is 0.254 e. The van der Waals surface area contributed by atoms with Crippen LogP contribution in [-0.4, -0.2) is 9.67 Å². The summed E-state index contributed by atoms with van der Waals surface area (Å²) >= 11 is 2.17. The van der Waals surface area contributed by atoms with Crippen LogP contribution in [0.25, 0.3) is 10.9 Å². The number of fused-ring (bicyclic) bond motifs is 1. The highest BCUT2D eigenvalue weighted by atomic mass is 127. The molecule has 0 saturated heterocycles. The third-order valence-corrected chi connectivity index (χ3v) is 2.86. The Morgan fingerprint density at radius 2 is 2.07 bits per heavy atom. The average molecular weight is 301 g/mol. The van der Waals surface area contributed by atoms with E-state index in [1.54, 1.807) is 7.05 Å². The standard InChI is InChI=1S/C10H8INO2/c1-12-8-3-2-6(11)4-7(8)9(13)5-10(12)14/h2-5,13H,1H3. The maximum absolute atomic E-state index is 11.3. The molecule has 0 atom stereocenters. The molecule has 0 amide bonds. The van der Waals surface area contributed by atoms with Crippen molar-refractivity contribution in [2.75, 3.05) is 0 Å². The van der Waals surface area contributed by atoms with Crippen LogP contribution in [0.1, 0.15) is 0 Å². The van der Waals surface area contributed by atoms with Gasteiger partial charge in [-0.1, -0.05) is 0 Å². The van der Waals surface area contributed by atoms with Gasteiger partial charge in [0, 0.05) is 22.1 Å². The fraction of sp³-hybridized carbons (Fsp3) is 0.100. The van der Waals surface area contributed by atoms with Crippen LogP contribution in [0.4, 0.5) is 0 Å². The normalized spacial score (nSPS) is 10.7. The molecule has 0 aliphatic carbocycles. The van der Waals surface area contributed by atoms with Crippen molar-refractivity contribution in [2.45, 2.75) is 0 Å². The number of nitrogens with zero attached hydrogens (tertiary/aromatic N) is 1. The third-order valence-electron chi connectivity index (χ3n) is 2.19. The first-order valence-corrected chi connectivity index (χ1v) is 5.16. The van der Waals surface area contributed by atoms with Crippen LogP contribution < -0.4 is 5.56 Å². The number of aromatic hydroxyl groups is 1. The van der Waals surface area contributed by atoms with Crippen molar-refractivity contribution in [3.05, 3.63) is 38.2 Å². The van der Waals surface area contributed by atoms with Gasteiger partial charge in [0.25, 0.3) is 5.56 Å². The highest BCUT2D eigenvalue weighted by molar-refractivity contribution is 14.1. The van der Waals surface area contributed by atoms with Gasteiger partial charge in [0.1, 0.15) is 5.75 Å². The second kappa shape index (κ2) is 3.27. The Bertz CT molecular complexity index is 560. The predicted octanol–water partition coefficient (Wildman–Crippen LogP) is 1.85. The van der Waals surface area contributed by atoms with Gasteiger partial charge in [0.15, 0.2) is 0 Å². The van der Waals surface area contributed by atoms with Gasteiger partial charge >= 0.3 is 0 Å². The lowest BCUT2D eigenvalue weighted by molar-refractivity contribution is 0.479. The number of hydrogen-bond acceptors (Lipinski definition) is 2. The molecule has 0 aliphatic rings. The Hall–Kier alpha value is -1.04. The summed E-state index contributed by atoms with van der Waals surface area (Å²) in [5.74, 6) is 0.0432. The molecule has 1 aromatic carbocycles. The fourth-order valence-electron chi connectivity index (χ4n) is 1.42. The second-order valence-corrected chi connectivity index (χ2v) is 4.33. The van der Waals surface area contributed by atoms with Gasteiger partial charge in [0.05, 0.1) is 5.52 Å². The van der Waals surface area contributed by atoms with E-state index in [1.807, 2.05) is 18.2 Å². The quantitative estimate of drug-likeness (QED) is 0.755. The van der Waals surface area contributed by atoms with Gasteiger partial charge in [-0.25, -0.2) is 0 Å². The summed E-state index contributed by atoms with van der Waals surface area (Å²) in [6, 6.07) is 6.82. The van der Waals surface area contributed by atoms with Crippen LogP contribution in [0.15, 0.2) is 29.1 Å². The first kappa shape index (κ1) is 9.51. The van der Waals surface area contributed by atoms with E-state index in [-0.39, 0.29) is 11.3 Å². The van der Waals surface area contributed by atoms with Crippen molar-refractivity contribution in [2.24, 2.45) is 7.05 Å². The van der Waals surface area contributed by atoms with Crippen molar-refractivity contribution in [3.63, 3.8) is 0 Å². The Morgan fingerprint density at radius 3 is 2.79 bits per heavy atom. The summed E-state index contributed by atoms with van der Waals surface area (Å²) < 4.78 is 2.55. The number of aryl methyl sites for hydroxylation is 1. The minimum absolute atomic E-state index is 0.0432. The van der Waals surface area contributed by atoms with Crippen molar-refractivity contribution in [3.8, 4) is 5.75 Å². The summed E-state index contributed by atoms with van der Waals surface area (Å²) in [4.78, 5) is 11.3. The molecule has 3 nitrogen and oxygen atoms in total. The number of halogens is 1. The Labute approximate surface area is 94.1 Å². The molecule has 1 aromatic heterocycles. The molecule has 0 saturated carbocycles. The molecule has 1 N–H and O–H groups in total. The van der Waals surface area contributed by atoms with E-state index in [0.29, 0.717) is 5.39 Å². The zero-order valence-electron chi connectivity index (χ0n) is 7.49. The molecule has 0 fully saturated rings. The Morgan fingerprint density at radius 1 is 1.36 bits per heavy atom. The van der Waals surface area contributed by atoms with Crippen molar-refractivity contribution in [1.82, 2.24) is 4.57 Å². The lowest BCUT2D eigenvalue weighted by atomic mass is 10.2. The van der Waals surface area contributed by atoms with Gasteiger partial charge in [-0.3, -0.25) is 4.79 Å². The molecule has 14 heavy (non-hydrogen) atoms. The van der Waals surface area contributed by atoms with Crippen LogP contribution in [0.3, 0.4) is 0 Å². The largest absolute Gasteiger partial charge is 0.507 e. The molecule has 2 aromatic rings. The molecule has 1 heterocycles. The van der Waals surface area contributed by atoms with E-state index in [1.165, 1.54) is 10.6 Å². The van der Waals surface area contributed by atoms with Gasteiger partial charge in [-0.15, -0.1) is 0 Å². The van der Waals surface area contributed by atoms with E-state index in [9.17, 15) is 9.90 Å². The van der Waals surface area contributed by atoms with Crippen LogP contribution in [0.2, 0.25) is 0 Å². The highest BCUT2D eigenvalue weighted by Crippen LogP contribution is 2.23. The summed E-state index contributed by atoms with van der Waals surface area (Å²) in [5, 5.41) is 10.3. The van der Waals surface area contributed by atoms with E-state index >= 15 is 0 Å². The lowest BCUT2D eigenvalue weighted by Crippen LogP contribution is -2.15. The summed E-state index contributed by atoms with van der Waals surface area (Å²) in [7, 11) is 1.69. The summed E-state index contributed by atoms with van der Waals surface area (Å²) in [6.07, 6.45) is 0. The third kappa shape index (κ3) is 1.39. The molecular formula is C10H8INO2. The Kier molecular flexibility index (Phi) is 2.22. The average Bonchev–Trinajstić information content (AvgIpc) is 2.14. The van der Waals surface area contributed by atoms with Crippen LogP contribution in [0.5, 0.6) is 5.75 Å². The molecule has 0 bridgehead atoms. The van der Waals surface area contributed by atoms with Gasteiger partial charge in [-0.2, -0.15) is 0 Å². The van der Waals surface area contributed by atoms with E-state index in [2.05, 4.69) is 22.6 Å². The first-order valence-electron chi connectivity index (χ1n) is 4.08. The topological polar surface area (TPSA) is 42.2 Å². The van der Waals surface area contributed by atoms with Crippen molar-refractivity contribution in [1.29, 1.82) is 0 Å². The van der Waals surface area contributed by atoms with E-state index in [4.69, 9.17) is 0 Å². The smallest absolute Gasteiger partial charge is 0.254 e. The molecule has 72 valence electrons. The van der Waals surface area contributed by atoms with Crippen molar-refractivity contribution < 1.29 is 5.11 Å². The van der Waals surface area contributed by atoms with E-state index < -0.39 is 0 Å². The Balaban J connectivity index is 3.02. The van der Waals surface area contributed by atoms with Gasteiger partial charge in [-0.05, 0) is 40.8 Å². The van der Waals surface area contributed by atoms with E-state index in [0.717, 1.165) is 9.09 Å². The van der Waals surface area contributed by atoms with Crippen LogP contribution >= 0.6 is 22.6 Å². The van der Waals surface area contributed by atoms with Gasteiger partial charge in [0.2, 0.25) is 0 Å². The lowest BCUT2D eigenvalue weighted by Gasteiger charge is -2.06. The van der Waals surface area contributed by atoms with Crippen LogP contribution in [0, 0.1) is 3.57 Å². The molecular weight excluding hydrogens is 293 g/mol. The monoisotopic (exact) mass is 301 g/mol. The molecule has 0 unspecified atom stereocenters. The number of aromatic nitrogens is 1. The molecule has 0 aliphatic heterocycles. The van der Waals surface area contributed by atoms with Gasteiger partial charge < -0.3 is 9.67 Å². The maximum atomic E-state index is 11.3. The first-order chi connectivity index (χ1) is 6.59. The fourth-order valence-corrected chi connectivity index (χ4v) is 1.91. The number of pyridine rings is 1. The SMILES string of the molecule is Cn1c(=O)cc(O)c2cc(I)ccc21. The van der Waals surface area contributed by atoms with Crippen molar-refractivity contribution >= 4 is 33.5 Å². The molecule has 0 radical (unpaired) electrons. The minimum Gasteiger partial charge on any atom is -0.507 e.